The summed E-state index contributed by atoms with van der Waals surface area (Å²) in [7, 11) is 0. The number of hydrogen-bond donors (Lipinski definition) is 7. The number of benzene rings is 3. The number of halogens is 6. The van der Waals surface area contributed by atoms with Crippen LogP contribution in [-0.4, -0.2) is 145 Å². The number of rotatable bonds is 23. The van der Waals surface area contributed by atoms with Crippen molar-refractivity contribution >= 4 is 59.0 Å². The molecule has 0 unspecified atom stereocenters. The van der Waals surface area contributed by atoms with E-state index in [0.29, 0.717) is 46.7 Å². The second-order valence-corrected chi connectivity index (χ2v) is 20.9. The number of alkyl halides is 6. The third-order valence-electron chi connectivity index (χ3n) is 14.1. The van der Waals surface area contributed by atoms with Crippen molar-refractivity contribution < 1.29 is 136 Å². The van der Waals surface area contributed by atoms with Crippen LogP contribution in [0.5, 0.6) is 0 Å². The summed E-state index contributed by atoms with van der Waals surface area (Å²) >= 11 is 1.49. The first-order valence-corrected chi connectivity index (χ1v) is 26.7. The molecule has 1 aliphatic carbocycles. The molecule has 1 aromatic heterocycles. The summed E-state index contributed by atoms with van der Waals surface area (Å²) in [6.45, 7) is -1.14. The second-order valence-electron chi connectivity index (χ2n) is 19.7. The van der Waals surface area contributed by atoms with Crippen LogP contribution in [0.15, 0.2) is 96.1 Å². The van der Waals surface area contributed by atoms with Crippen LogP contribution < -0.4 is 77.8 Å². The zero-order chi connectivity index (χ0) is 58.2. The van der Waals surface area contributed by atoms with Gasteiger partial charge in [-0.15, -0.1) is 5.10 Å². The van der Waals surface area contributed by atoms with Crippen LogP contribution in [0.3, 0.4) is 0 Å². The number of thioether (sulfide) groups is 1. The van der Waals surface area contributed by atoms with Crippen molar-refractivity contribution in [1.29, 1.82) is 0 Å². The molecular weight excluding hydrogens is 1140 g/mol. The first kappa shape index (κ1) is 63.9. The van der Waals surface area contributed by atoms with Crippen LogP contribution in [0.25, 0.3) is 17.3 Å². The molecule has 82 heavy (non-hydrogen) atoms. The normalized spacial score (nSPS) is 24.8. The van der Waals surface area contributed by atoms with Gasteiger partial charge in [-0.3, -0.25) is 29.0 Å². The predicted octanol–water partition coefficient (Wildman–Crippen LogP) is 0.869. The fourth-order valence-electron chi connectivity index (χ4n) is 10.1. The number of aliphatic hydroxyl groups excluding tert-OH is 2. The fourth-order valence-corrected chi connectivity index (χ4v) is 11.5. The molecule has 4 aromatic rings. The number of hydrogen-bond acceptors (Lipinski definition) is 16. The minimum absolute atomic E-state index is 0. The zero-order valence-corrected chi connectivity index (χ0v) is 47.7. The van der Waals surface area contributed by atoms with Gasteiger partial charge in [0, 0.05) is 60.0 Å². The Labute approximate surface area is 511 Å². The number of carboxylic acid groups (broad SMARTS) is 1. The molecule has 3 amide bonds. The average Bonchev–Trinajstić information content (AvgIpc) is 4.35. The van der Waals surface area contributed by atoms with Crippen molar-refractivity contribution in [2.24, 2.45) is 16.8 Å². The summed E-state index contributed by atoms with van der Waals surface area (Å²) in [5.41, 5.74) is -4.59. The first-order chi connectivity index (χ1) is 38.5. The van der Waals surface area contributed by atoms with E-state index in [1.165, 1.54) is 17.8 Å². The number of amides is 3. The second kappa shape index (κ2) is 28.3. The Hall–Kier alpha value is -5.66. The number of fused-ring (bicyclic) bond motifs is 1. The third kappa shape index (κ3) is 16.4. The van der Waals surface area contributed by atoms with Gasteiger partial charge in [-0.1, -0.05) is 78.0 Å². The average molecular weight is 1190 g/mol. The zero-order valence-electron chi connectivity index (χ0n) is 43.8. The van der Waals surface area contributed by atoms with Crippen LogP contribution >= 0.6 is 11.8 Å². The van der Waals surface area contributed by atoms with Crippen LogP contribution in [0.1, 0.15) is 70.3 Å². The van der Waals surface area contributed by atoms with Gasteiger partial charge in [-0.25, -0.2) is 9.48 Å². The number of carbonyl (C=O) groups is 6. The van der Waals surface area contributed by atoms with E-state index in [1.807, 2.05) is 0 Å². The minimum Gasteiger partial charge on any atom is -0.859 e. The van der Waals surface area contributed by atoms with Crippen LogP contribution in [0.4, 0.5) is 31.1 Å². The predicted molar refractivity (Wildman–Crippen MR) is 276 cm³/mol. The number of carboxylic acids is 1. The van der Waals surface area contributed by atoms with Crippen molar-refractivity contribution in [2.75, 3.05) is 25.4 Å². The molecular formula is C54H55F6KN8O12S. The summed E-state index contributed by atoms with van der Waals surface area (Å²) in [5, 5.41) is 63.4. The van der Waals surface area contributed by atoms with Gasteiger partial charge in [0.25, 0.3) is 0 Å². The molecule has 4 aliphatic rings. The number of aliphatic imine (C=N–C) groups is 1. The molecule has 3 aromatic carbocycles. The number of urea groups is 1. The third-order valence-corrected chi connectivity index (χ3v) is 15.5. The van der Waals surface area contributed by atoms with Gasteiger partial charge in [0.2, 0.25) is 5.91 Å². The monoisotopic (exact) mass is 1190 g/mol. The van der Waals surface area contributed by atoms with Gasteiger partial charge in [0.15, 0.2) is 17.9 Å². The van der Waals surface area contributed by atoms with Crippen molar-refractivity contribution in [3.05, 3.63) is 125 Å². The number of ether oxygens (including phenoxy) is 2. The van der Waals surface area contributed by atoms with E-state index in [9.17, 15) is 75.5 Å². The maximum absolute atomic E-state index is 14.6. The number of nitrogens with one attached hydrogen (secondary N) is 4. The van der Waals surface area contributed by atoms with Crippen molar-refractivity contribution in [2.45, 2.75) is 106 Å². The van der Waals surface area contributed by atoms with Gasteiger partial charge in [-0.05, 0) is 54.0 Å². The summed E-state index contributed by atoms with van der Waals surface area (Å²) in [6.07, 6.45) is -12.6. The summed E-state index contributed by atoms with van der Waals surface area (Å²) in [5.74, 6) is -5.04. The van der Waals surface area contributed by atoms with E-state index in [4.69, 9.17) is 9.47 Å². The molecule has 432 valence electrons. The van der Waals surface area contributed by atoms with Crippen molar-refractivity contribution in [3.63, 3.8) is 0 Å². The fraction of sp³-hybridized carbons (Fsp3) is 0.426. The van der Waals surface area contributed by atoms with Crippen molar-refractivity contribution in [3.8, 4) is 11.3 Å². The summed E-state index contributed by atoms with van der Waals surface area (Å²) in [4.78, 5) is 77.5. The number of aliphatic hydroxyl groups is 2. The van der Waals surface area contributed by atoms with Gasteiger partial charge in [0.05, 0.1) is 61.1 Å². The molecule has 8 rings (SSSR count). The van der Waals surface area contributed by atoms with E-state index in [1.54, 1.807) is 54.6 Å². The van der Waals surface area contributed by atoms with E-state index < -0.39 is 113 Å². The molecule has 20 nitrogen and oxygen atoms in total. The Morgan fingerprint density at radius 2 is 1.63 bits per heavy atom. The maximum atomic E-state index is 14.6. The van der Waals surface area contributed by atoms with Gasteiger partial charge >= 0.3 is 75.7 Å². The van der Waals surface area contributed by atoms with Crippen LogP contribution in [0.2, 0.25) is 0 Å². The number of carbonyl (C=O) groups excluding carboxylic acids is 5. The molecule has 10 atom stereocenters. The molecule has 4 heterocycles. The Balaban J connectivity index is 0.00000968. The van der Waals surface area contributed by atoms with E-state index in [2.05, 4.69) is 36.6 Å². The number of ketones is 3. The number of Topliss-reactive ketones (excluding diaryl/α,β-unsaturated/α-hetero) is 1. The topological polar surface area (TPSA) is 296 Å². The summed E-state index contributed by atoms with van der Waals surface area (Å²) < 4.78 is 101. The molecule has 28 heteroatoms. The SMILES string of the molecule is O=C(O)C[C@H]1CCC(=O)[C@@H]1C(=O)/C=C\CCO[C@H]1O[C@@H](Cn2cc(-c3cc(C(F)(F)F)c(/C=C/C([O-])=NCCNC(=O)C[C@@H]4SC[C@@H]5NC(=O)N[C@@H]54)c(C(F)(F)F)c3)nn2)[C@@H](O)[C@@H](O)[C@@H]1NCc1ccc(C(=O)c2ccccc2)cc1.[K+]. The molecule has 4 fully saturated rings. The van der Waals surface area contributed by atoms with E-state index >= 15 is 0 Å². The summed E-state index contributed by atoms with van der Waals surface area (Å²) in [6, 6.07) is 14.1. The van der Waals surface area contributed by atoms with Gasteiger partial charge in [0.1, 0.15) is 29.8 Å². The Morgan fingerprint density at radius 1 is 0.939 bits per heavy atom. The van der Waals surface area contributed by atoms with Crippen LogP contribution in [0, 0.1) is 11.8 Å². The number of aliphatic carboxylic acids is 1. The molecule has 3 aliphatic heterocycles. The Kier molecular flexibility index (Phi) is 22.0. The molecule has 0 radical (unpaired) electrons. The van der Waals surface area contributed by atoms with Gasteiger partial charge in [-0.2, -0.15) is 38.1 Å². The van der Waals surface area contributed by atoms with E-state index in [0.717, 1.165) is 17.0 Å². The van der Waals surface area contributed by atoms with Gasteiger partial charge < -0.3 is 51.2 Å². The Morgan fingerprint density at radius 3 is 2.32 bits per heavy atom. The molecule has 0 spiro atoms. The van der Waals surface area contributed by atoms with Crippen LogP contribution in [-0.2, 0) is 54.1 Å². The molecule has 7 N–H and O–H groups in total. The number of allylic oxidation sites excluding steroid dienone is 1. The molecule has 3 saturated heterocycles. The van der Waals surface area contributed by atoms with Crippen molar-refractivity contribution in [1.82, 2.24) is 36.3 Å². The number of nitrogens with zero attached hydrogens (tertiary/aromatic N) is 4. The van der Waals surface area contributed by atoms with E-state index in [-0.39, 0.29) is 145 Å². The largest absolute Gasteiger partial charge is 1.00 e. The minimum atomic E-state index is -5.41. The molecule has 0 bridgehead atoms. The maximum Gasteiger partial charge on any atom is 1.00 e. The first-order valence-electron chi connectivity index (χ1n) is 25.6. The number of aromatic nitrogens is 3. The Bertz CT molecular complexity index is 3020. The standard InChI is InChI=1S/C54H56F6N8O12S.K/c55-53(56,57)34-20-32(21-35(54(58,59)60)33(34)14-16-42(71)61-17-18-62-43(72)23-41-46-37(27-81-41)64-52(78)65-46)36-25-68(67-66-36)26-40-49(76)50(77)47(63-24-28-9-11-30(12-10-28)48(75)29-6-2-1-3-7-29)51(80-40)79-19-5-4-8-38(69)45-31(22-44(73)74)13-15-39(45)70;/h1-4,6-12,14,16,20-21,25,31,37,40-41,45-47,49-51,63,76-77H,5,13,15,17-19,22-24,26-27H2,(H,61,71)(H,62,72)(H,73,74)(H2,64,65,78);/q;+1/p-1/b8-4-,16-14+;/t31-,37+,40+,41+,45+,46+,47+,49-,50+,51+;/m1./s1. The quantitative estimate of drug-likeness (QED) is 0.00624. The molecule has 1 saturated carbocycles. The smallest absolute Gasteiger partial charge is 0.859 e.